The van der Waals surface area contributed by atoms with Gasteiger partial charge in [-0.2, -0.15) is 0 Å². The Labute approximate surface area is 282 Å². The molecule has 0 aliphatic heterocycles. The minimum Gasteiger partial charge on any atom is -0.455 e. The maximum Gasteiger partial charge on any atom is 0.167 e. The molecule has 49 heavy (non-hydrogen) atoms. The van der Waals surface area contributed by atoms with Crippen molar-refractivity contribution in [3.8, 4) is 45.3 Å². The molecule has 0 saturated carbocycles. The number of fused-ring (bicyclic) bond motifs is 7. The van der Waals surface area contributed by atoms with Crippen LogP contribution in [0.1, 0.15) is 0 Å². The van der Waals surface area contributed by atoms with Crippen LogP contribution < -0.4 is 0 Å². The highest BCUT2D eigenvalue weighted by Gasteiger charge is 2.19. The zero-order valence-corrected chi connectivity index (χ0v) is 26.3. The van der Waals surface area contributed by atoms with Gasteiger partial charge in [0, 0.05) is 21.9 Å². The highest BCUT2D eigenvalue weighted by molar-refractivity contribution is 6.14. The largest absolute Gasteiger partial charge is 0.455 e. The van der Waals surface area contributed by atoms with E-state index in [0.29, 0.717) is 17.5 Å². The first-order valence-corrected chi connectivity index (χ1v) is 16.4. The van der Waals surface area contributed by atoms with Gasteiger partial charge in [-0.15, -0.1) is 0 Å². The predicted octanol–water partition coefficient (Wildman–Crippen LogP) is 11.9. The normalized spacial score (nSPS) is 11.7. The van der Waals surface area contributed by atoms with Crippen molar-refractivity contribution in [3.63, 3.8) is 0 Å². The molecule has 0 N–H and O–H groups in total. The first-order valence-electron chi connectivity index (χ1n) is 16.4. The van der Waals surface area contributed by atoms with Crippen LogP contribution in [-0.2, 0) is 0 Å². The summed E-state index contributed by atoms with van der Waals surface area (Å²) in [6.45, 7) is 0. The summed E-state index contributed by atoms with van der Waals surface area (Å²) in [5.74, 6) is 1.79. The Morgan fingerprint density at radius 1 is 0.327 bits per heavy atom. The summed E-state index contributed by atoms with van der Waals surface area (Å²) in [7, 11) is 0. The van der Waals surface area contributed by atoms with E-state index in [1.807, 2.05) is 30.3 Å². The fraction of sp³-hybridized carbons (Fsp3) is 0. The fourth-order valence-electron chi connectivity index (χ4n) is 7.11. The molecule has 8 aromatic carbocycles. The molecule has 4 heteroatoms. The van der Waals surface area contributed by atoms with Gasteiger partial charge in [0.25, 0.3) is 0 Å². The summed E-state index contributed by atoms with van der Waals surface area (Å²) < 4.78 is 6.45. The summed E-state index contributed by atoms with van der Waals surface area (Å²) in [6, 6.07) is 57.0. The maximum absolute atomic E-state index is 6.45. The molecule has 0 fully saturated rings. The van der Waals surface area contributed by atoms with Crippen molar-refractivity contribution in [1.29, 1.82) is 0 Å². The predicted molar refractivity (Wildman–Crippen MR) is 201 cm³/mol. The van der Waals surface area contributed by atoms with Crippen molar-refractivity contribution in [3.05, 3.63) is 164 Å². The van der Waals surface area contributed by atoms with E-state index in [9.17, 15) is 0 Å². The highest BCUT2D eigenvalue weighted by atomic mass is 16.3. The molecule has 0 aliphatic rings. The Balaban J connectivity index is 1.24. The van der Waals surface area contributed by atoms with Crippen molar-refractivity contribution < 1.29 is 4.42 Å². The van der Waals surface area contributed by atoms with Gasteiger partial charge in [-0.3, -0.25) is 0 Å². The second-order valence-electron chi connectivity index (χ2n) is 12.4. The van der Waals surface area contributed by atoms with Crippen molar-refractivity contribution in [1.82, 2.24) is 15.0 Å². The second kappa shape index (κ2) is 11.0. The molecule has 10 aromatic rings. The van der Waals surface area contributed by atoms with Gasteiger partial charge in [-0.1, -0.05) is 133 Å². The summed E-state index contributed by atoms with van der Waals surface area (Å²) in [6.07, 6.45) is 0. The molecule has 10 rings (SSSR count). The molecule has 0 radical (unpaired) electrons. The molecule has 4 nitrogen and oxygen atoms in total. The number of furan rings is 1. The van der Waals surface area contributed by atoms with E-state index in [2.05, 4.69) is 133 Å². The summed E-state index contributed by atoms with van der Waals surface area (Å²) in [4.78, 5) is 15.4. The summed E-state index contributed by atoms with van der Waals surface area (Å²) >= 11 is 0. The molecule has 0 aliphatic carbocycles. The second-order valence-corrected chi connectivity index (χ2v) is 12.4. The Bertz CT molecular complexity index is 2890. The van der Waals surface area contributed by atoms with Crippen molar-refractivity contribution in [2.24, 2.45) is 0 Å². The number of nitrogens with zero attached hydrogens (tertiary/aromatic N) is 3. The highest BCUT2D eigenvalue weighted by Crippen LogP contribution is 2.39. The Morgan fingerprint density at radius 3 is 1.84 bits per heavy atom. The Morgan fingerprint density at radius 2 is 0.980 bits per heavy atom. The van der Waals surface area contributed by atoms with Gasteiger partial charge < -0.3 is 4.42 Å². The molecular formula is C45H27N3O. The molecular weight excluding hydrogens is 599 g/mol. The van der Waals surface area contributed by atoms with E-state index < -0.39 is 0 Å². The molecule has 2 heterocycles. The minimum absolute atomic E-state index is 0.569. The molecule has 0 amide bonds. The molecule has 0 bridgehead atoms. The van der Waals surface area contributed by atoms with Gasteiger partial charge in [0.15, 0.2) is 17.5 Å². The summed E-state index contributed by atoms with van der Waals surface area (Å²) in [5.41, 5.74) is 6.62. The quantitative estimate of drug-likeness (QED) is 0.183. The van der Waals surface area contributed by atoms with Crippen molar-refractivity contribution in [2.45, 2.75) is 0 Å². The number of hydrogen-bond donors (Lipinski definition) is 0. The van der Waals surface area contributed by atoms with Crippen LogP contribution in [0.15, 0.2) is 168 Å². The van der Waals surface area contributed by atoms with Gasteiger partial charge in [0.2, 0.25) is 0 Å². The standard InChI is InChI=1S/C45H27N3O/c1-2-12-29(13-3-1)39-26-31-15-6-7-16-34(31)35-24-23-33(27-40(35)39)44-46-43(32-22-21-28-11-4-5-14-30(28)25-32)47-45(48-44)38-19-10-18-37-36-17-8-9-20-41(36)49-42(37)38/h1-27H. The number of para-hydroxylation sites is 2. The number of benzene rings is 8. The van der Waals surface area contributed by atoms with E-state index in [1.54, 1.807) is 0 Å². The SMILES string of the molecule is c1ccc(-c2cc3ccccc3c3ccc(-c4nc(-c5ccc6ccccc6c5)nc(-c5cccc6c5oc5ccccc56)n4)cc23)cc1. The molecule has 0 saturated heterocycles. The topological polar surface area (TPSA) is 51.8 Å². The lowest BCUT2D eigenvalue weighted by molar-refractivity contribution is 0.669. The smallest absolute Gasteiger partial charge is 0.167 e. The average Bonchev–Trinajstić information content (AvgIpc) is 3.56. The molecule has 2 aromatic heterocycles. The maximum atomic E-state index is 6.45. The van der Waals surface area contributed by atoms with Crippen molar-refractivity contribution >= 4 is 54.3 Å². The van der Waals surface area contributed by atoms with Crippen LogP contribution in [0.2, 0.25) is 0 Å². The Hall–Kier alpha value is -6.65. The summed E-state index contributed by atoms with van der Waals surface area (Å²) in [5, 5.41) is 9.17. The van der Waals surface area contributed by atoms with Crippen LogP contribution in [0.5, 0.6) is 0 Å². The van der Waals surface area contributed by atoms with Gasteiger partial charge in [0.05, 0.1) is 5.56 Å². The monoisotopic (exact) mass is 625 g/mol. The van der Waals surface area contributed by atoms with E-state index in [0.717, 1.165) is 49.4 Å². The minimum atomic E-state index is 0.569. The van der Waals surface area contributed by atoms with Crippen LogP contribution in [0.3, 0.4) is 0 Å². The van der Waals surface area contributed by atoms with Crippen LogP contribution in [0.4, 0.5) is 0 Å². The number of rotatable bonds is 4. The molecule has 0 unspecified atom stereocenters. The number of aromatic nitrogens is 3. The Kier molecular flexibility index (Phi) is 6.15. The lowest BCUT2D eigenvalue weighted by atomic mass is 9.92. The van der Waals surface area contributed by atoms with E-state index in [4.69, 9.17) is 19.4 Å². The van der Waals surface area contributed by atoms with Gasteiger partial charge in [-0.25, -0.2) is 15.0 Å². The third kappa shape index (κ3) is 4.57. The first kappa shape index (κ1) is 27.5. The lowest BCUT2D eigenvalue weighted by Gasteiger charge is -2.13. The van der Waals surface area contributed by atoms with Gasteiger partial charge >= 0.3 is 0 Å². The zero-order valence-electron chi connectivity index (χ0n) is 26.3. The average molecular weight is 626 g/mol. The lowest BCUT2D eigenvalue weighted by Crippen LogP contribution is -2.00. The third-order valence-electron chi connectivity index (χ3n) is 9.49. The molecule has 0 spiro atoms. The van der Waals surface area contributed by atoms with Crippen molar-refractivity contribution in [2.75, 3.05) is 0 Å². The zero-order chi connectivity index (χ0) is 32.3. The van der Waals surface area contributed by atoms with Gasteiger partial charge in [0.1, 0.15) is 11.2 Å². The van der Waals surface area contributed by atoms with E-state index >= 15 is 0 Å². The van der Waals surface area contributed by atoms with E-state index in [-0.39, 0.29) is 0 Å². The van der Waals surface area contributed by atoms with Crippen LogP contribution in [0, 0.1) is 0 Å². The van der Waals surface area contributed by atoms with E-state index in [1.165, 1.54) is 32.7 Å². The fourth-order valence-corrected chi connectivity index (χ4v) is 7.11. The van der Waals surface area contributed by atoms with Crippen LogP contribution in [0.25, 0.3) is 99.5 Å². The first-order chi connectivity index (χ1) is 24.3. The molecule has 0 atom stereocenters. The number of hydrogen-bond acceptors (Lipinski definition) is 4. The van der Waals surface area contributed by atoms with Crippen LogP contribution in [-0.4, -0.2) is 15.0 Å². The third-order valence-corrected chi connectivity index (χ3v) is 9.49. The molecule has 228 valence electrons. The van der Waals surface area contributed by atoms with Gasteiger partial charge in [-0.05, 0) is 73.8 Å². The van der Waals surface area contributed by atoms with Crippen LogP contribution >= 0.6 is 0 Å².